The van der Waals surface area contributed by atoms with Crippen molar-refractivity contribution < 1.29 is 19.2 Å². The van der Waals surface area contributed by atoms with E-state index in [9.17, 15) is 19.7 Å². The van der Waals surface area contributed by atoms with Gasteiger partial charge >= 0.3 is 0 Å². The van der Waals surface area contributed by atoms with Gasteiger partial charge in [-0.3, -0.25) is 25.0 Å². The van der Waals surface area contributed by atoms with Crippen molar-refractivity contribution in [3.8, 4) is 0 Å². The van der Waals surface area contributed by atoms with Gasteiger partial charge in [-0.25, -0.2) is 0 Å². The lowest BCUT2D eigenvalue weighted by atomic mass is 10.1. The smallest absolute Gasteiger partial charge is 0.282 e. The van der Waals surface area contributed by atoms with E-state index in [0.717, 1.165) is 0 Å². The van der Waals surface area contributed by atoms with E-state index in [1.54, 1.807) is 29.2 Å². The molecular formula is C19H18N4O5S. The highest BCUT2D eigenvalue weighted by Crippen LogP contribution is 2.18. The van der Waals surface area contributed by atoms with Gasteiger partial charge in [0.2, 0.25) is 0 Å². The van der Waals surface area contributed by atoms with Gasteiger partial charge in [0.15, 0.2) is 5.11 Å². The molecule has 1 aliphatic heterocycles. The van der Waals surface area contributed by atoms with E-state index in [0.29, 0.717) is 37.6 Å². The molecular weight excluding hydrogens is 396 g/mol. The molecule has 0 atom stereocenters. The number of nitro groups is 1. The maximum Gasteiger partial charge on any atom is 0.282 e. The monoisotopic (exact) mass is 414 g/mol. The van der Waals surface area contributed by atoms with Crippen LogP contribution in [0.4, 0.5) is 11.4 Å². The molecule has 1 heterocycles. The largest absolute Gasteiger partial charge is 0.378 e. The molecule has 0 aliphatic carbocycles. The molecule has 0 radical (unpaired) electrons. The van der Waals surface area contributed by atoms with Crippen LogP contribution < -0.4 is 10.6 Å². The number of thiocarbonyl (C=S) groups is 1. The molecule has 0 unspecified atom stereocenters. The Morgan fingerprint density at radius 1 is 1.10 bits per heavy atom. The number of carbonyl (C=O) groups excluding carboxylic acids is 2. The summed E-state index contributed by atoms with van der Waals surface area (Å²) in [6.45, 7) is 2.07. The second-order valence-corrected chi connectivity index (χ2v) is 6.58. The summed E-state index contributed by atoms with van der Waals surface area (Å²) in [5.74, 6) is -0.817. The quantitative estimate of drug-likeness (QED) is 0.448. The highest BCUT2D eigenvalue weighted by molar-refractivity contribution is 7.80. The minimum absolute atomic E-state index is 0.0378. The Bertz CT molecular complexity index is 959. The van der Waals surface area contributed by atoms with Crippen molar-refractivity contribution in [3.63, 3.8) is 0 Å². The molecule has 3 rings (SSSR count). The average Bonchev–Trinajstić information content (AvgIpc) is 2.73. The van der Waals surface area contributed by atoms with E-state index in [4.69, 9.17) is 17.0 Å². The first kappa shape index (κ1) is 20.4. The summed E-state index contributed by atoms with van der Waals surface area (Å²) in [5, 5.41) is 16.3. The van der Waals surface area contributed by atoms with Crippen molar-refractivity contribution in [2.45, 2.75) is 0 Å². The number of morpholine rings is 1. The summed E-state index contributed by atoms with van der Waals surface area (Å²) in [5.41, 5.74) is 0.575. The number of ether oxygens (including phenoxy) is 1. The molecule has 1 saturated heterocycles. The Balaban J connectivity index is 1.66. The topological polar surface area (TPSA) is 114 Å². The molecule has 29 heavy (non-hydrogen) atoms. The number of rotatable bonds is 4. The number of nitro benzene ring substituents is 1. The molecule has 0 aromatic heterocycles. The maximum atomic E-state index is 12.6. The second kappa shape index (κ2) is 9.22. The van der Waals surface area contributed by atoms with Crippen LogP contribution in [0.15, 0.2) is 48.5 Å². The van der Waals surface area contributed by atoms with Crippen molar-refractivity contribution in [1.29, 1.82) is 0 Å². The summed E-state index contributed by atoms with van der Waals surface area (Å²) in [4.78, 5) is 37.1. The highest BCUT2D eigenvalue weighted by Gasteiger charge is 2.21. The molecule has 2 aromatic rings. The van der Waals surface area contributed by atoms with Crippen LogP contribution in [0.2, 0.25) is 0 Å². The first-order chi connectivity index (χ1) is 14.0. The van der Waals surface area contributed by atoms with Gasteiger partial charge in [-0.15, -0.1) is 0 Å². The number of para-hydroxylation sites is 1. The predicted molar refractivity (Wildman–Crippen MR) is 110 cm³/mol. The number of hydrogen-bond acceptors (Lipinski definition) is 6. The van der Waals surface area contributed by atoms with E-state index in [1.807, 2.05) is 0 Å². The summed E-state index contributed by atoms with van der Waals surface area (Å²) in [6.07, 6.45) is 0. The summed E-state index contributed by atoms with van der Waals surface area (Å²) in [6, 6.07) is 12.3. The standard InChI is InChI=1S/C19H18N4O5S/c24-17(15-6-1-2-7-16(15)23(26)27)21-19(29)20-14-5-3-4-13(12-14)18(25)22-8-10-28-11-9-22/h1-7,12H,8-11H2,(H2,20,21,24,29). The minimum atomic E-state index is -0.699. The van der Waals surface area contributed by atoms with Gasteiger partial charge in [0.1, 0.15) is 5.56 Å². The molecule has 2 aromatic carbocycles. The third kappa shape index (κ3) is 5.12. The molecule has 0 saturated carbocycles. The van der Waals surface area contributed by atoms with Gasteiger partial charge in [-0.1, -0.05) is 18.2 Å². The maximum absolute atomic E-state index is 12.6. The zero-order valence-electron chi connectivity index (χ0n) is 15.3. The number of nitrogens with zero attached hydrogens (tertiary/aromatic N) is 2. The van der Waals surface area contributed by atoms with E-state index in [2.05, 4.69) is 10.6 Å². The Morgan fingerprint density at radius 3 is 2.55 bits per heavy atom. The highest BCUT2D eigenvalue weighted by atomic mass is 32.1. The van der Waals surface area contributed by atoms with Gasteiger partial charge in [0, 0.05) is 30.4 Å². The molecule has 2 amide bonds. The molecule has 150 valence electrons. The van der Waals surface area contributed by atoms with Gasteiger partial charge in [-0.2, -0.15) is 0 Å². The van der Waals surface area contributed by atoms with Crippen LogP contribution in [0.1, 0.15) is 20.7 Å². The van der Waals surface area contributed by atoms with E-state index < -0.39 is 10.8 Å². The van der Waals surface area contributed by atoms with Crippen LogP contribution in [0.3, 0.4) is 0 Å². The SMILES string of the molecule is O=C(NC(=S)Nc1cccc(C(=O)N2CCOCC2)c1)c1ccccc1[N+](=O)[O-]. The predicted octanol–water partition coefficient (Wildman–Crippen LogP) is 2.19. The lowest BCUT2D eigenvalue weighted by Crippen LogP contribution is -2.40. The van der Waals surface area contributed by atoms with E-state index in [1.165, 1.54) is 24.3 Å². The average molecular weight is 414 g/mol. The van der Waals surface area contributed by atoms with Crippen molar-refractivity contribution in [1.82, 2.24) is 10.2 Å². The number of amides is 2. The van der Waals surface area contributed by atoms with Gasteiger partial charge in [0.05, 0.1) is 18.1 Å². The van der Waals surface area contributed by atoms with Crippen LogP contribution in [0.25, 0.3) is 0 Å². The Hall–Kier alpha value is -3.37. The number of nitrogens with one attached hydrogen (secondary N) is 2. The molecule has 0 bridgehead atoms. The second-order valence-electron chi connectivity index (χ2n) is 6.17. The van der Waals surface area contributed by atoms with Crippen molar-refractivity contribution >= 4 is 40.5 Å². The van der Waals surface area contributed by atoms with Gasteiger partial charge in [-0.05, 0) is 36.5 Å². The number of carbonyl (C=O) groups is 2. The third-order valence-electron chi connectivity index (χ3n) is 4.24. The van der Waals surface area contributed by atoms with Crippen LogP contribution >= 0.6 is 12.2 Å². The molecule has 10 heteroatoms. The molecule has 1 aliphatic rings. The van der Waals surface area contributed by atoms with Gasteiger partial charge in [0.25, 0.3) is 17.5 Å². The van der Waals surface area contributed by atoms with Crippen LogP contribution in [-0.2, 0) is 4.74 Å². The van der Waals surface area contributed by atoms with E-state index in [-0.39, 0.29) is 22.3 Å². The first-order valence-electron chi connectivity index (χ1n) is 8.78. The minimum Gasteiger partial charge on any atom is -0.378 e. The van der Waals surface area contributed by atoms with Gasteiger partial charge < -0.3 is 15.0 Å². The zero-order valence-corrected chi connectivity index (χ0v) is 16.1. The normalized spacial score (nSPS) is 13.4. The fourth-order valence-electron chi connectivity index (χ4n) is 2.84. The Kier molecular flexibility index (Phi) is 6.47. The first-order valence-corrected chi connectivity index (χ1v) is 9.19. The summed E-state index contributed by atoms with van der Waals surface area (Å²) >= 11 is 5.13. The van der Waals surface area contributed by atoms with Crippen LogP contribution in [-0.4, -0.2) is 53.1 Å². The summed E-state index contributed by atoms with van der Waals surface area (Å²) in [7, 11) is 0. The third-order valence-corrected chi connectivity index (χ3v) is 4.44. The van der Waals surface area contributed by atoms with Crippen molar-refractivity contribution in [3.05, 3.63) is 69.8 Å². The molecule has 2 N–H and O–H groups in total. The van der Waals surface area contributed by atoms with Crippen molar-refractivity contribution in [2.24, 2.45) is 0 Å². The number of benzene rings is 2. The Morgan fingerprint density at radius 2 is 1.83 bits per heavy atom. The molecule has 0 spiro atoms. The molecule has 9 nitrogen and oxygen atoms in total. The lowest BCUT2D eigenvalue weighted by Gasteiger charge is -2.27. The fraction of sp³-hybridized carbons (Fsp3) is 0.211. The number of hydrogen-bond donors (Lipinski definition) is 2. The van der Waals surface area contributed by atoms with Crippen LogP contribution in [0, 0.1) is 10.1 Å². The van der Waals surface area contributed by atoms with Crippen LogP contribution in [0.5, 0.6) is 0 Å². The summed E-state index contributed by atoms with van der Waals surface area (Å²) < 4.78 is 5.25. The fourth-order valence-corrected chi connectivity index (χ4v) is 3.05. The lowest BCUT2D eigenvalue weighted by molar-refractivity contribution is -0.385. The molecule has 1 fully saturated rings. The van der Waals surface area contributed by atoms with E-state index >= 15 is 0 Å². The number of anilines is 1. The Labute approximate surface area is 171 Å². The van der Waals surface area contributed by atoms with Crippen molar-refractivity contribution in [2.75, 3.05) is 31.6 Å². The zero-order chi connectivity index (χ0) is 20.8.